The molecule has 5 nitrogen and oxygen atoms in total. The Kier molecular flexibility index (Phi) is 6.71. The number of halogens is 2. The van der Waals surface area contributed by atoms with Crippen molar-refractivity contribution in [3.8, 4) is 0 Å². The van der Waals surface area contributed by atoms with E-state index in [2.05, 4.69) is 10.6 Å². The lowest BCUT2D eigenvalue weighted by Crippen LogP contribution is -2.43. The van der Waals surface area contributed by atoms with Crippen LogP contribution in [0.3, 0.4) is 0 Å². The third kappa shape index (κ3) is 5.85. The van der Waals surface area contributed by atoms with E-state index >= 15 is 0 Å². The molecule has 0 unspecified atom stereocenters. The van der Waals surface area contributed by atoms with Crippen molar-refractivity contribution < 1.29 is 18.4 Å². The minimum Gasteiger partial charge on any atom is -0.352 e. The highest BCUT2D eigenvalue weighted by Crippen LogP contribution is 2.18. The van der Waals surface area contributed by atoms with Crippen molar-refractivity contribution >= 4 is 17.5 Å². The van der Waals surface area contributed by atoms with Crippen LogP contribution in [0.4, 0.5) is 14.5 Å². The highest BCUT2D eigenvalue weighted by atomic mass is 19.1. The predicted octanol–water partition coefficient (Wildman–Crippen LogP) is 2.93. The van der Waals surface area contributed by atoms with Gasteiger partial charge in [-0.1, -0.05) is 12.1 Å². The Morgan fingerprint density at radius 3 is 2.11 bits per heavy atom. The van der Waals surface area contributed by atoms with Crippen LogP contribution in [-0.4, -0.2) is 36.3 Å². The van der Waals surface area contributed by atoms with Crippen LogP contribution in [0.15, 0.2) is 48.5 Å². The molecule has 2 amide bonds. The molecule has 1 saturated heterocycles. The molecular weight excluding hydrogens is 364 g/mol. The second-order valence-corrected chi connectivity index (χ2v) is 6.95. The molecule has 1 heterocycles. The molecule has 3 rings (SSSR count). The van der Waals surface area contributed by atoms with Crippen LogP contribution in [0.1, 0.15) is 18.4 Å². The summed E-state index contributed by atoms with van der Waals surface area (Å²) < 4.78 is 25.8. The van der Waals surface area contributed by atoms with Crippen LogP contribution >= 0.6 is 0 Å². The molecule has 1 fully saturated rings. The topological polar surface area (TPSA) is 61.4 Å². The van der Waals surface area contributed by atoms with Gasteiger partial charge >= 0.3 is 0 Å². The fourth-order valence-corrected chi connectivity index (χ4v) is 3.23. The number of nitrogens with one attached hydrogen (secondary N) is 2. The summed E-state index contributed by atoms with van der Waals surface area (Å²) in [5.41, 5.74) is 1.41. The molecule has 28 heavy (non-hydrogen) atoms. The van der Waals surface area contributed by atoms with Crippen LogP contribution in [0.25, 0.3) is 0 Å². The summed E-state index contributed by atoms with van der Waals surface area (Å²) >= 11 is 0. The van der Waals surface area contributed by atoms with Crippen LogP contribution in [0.2, 0.25) is 0 Å². The molecule has 1 aliphatic heterocycles. The van der Waals surface area contributed by atoms with Crippen molar-refractivity contribution in [2.75, 3.05) is 25.0 Å². The monoisotopic (exact) mass is 387 g/mol. The average molecular weight is 387 g/mol. The summed E-state index contributed by atoms with van der Waals surface area (Å²) in [6.07, 6.45) is 1.36. The number of rotatable bonds is 6. The third-order valence-electron chi connectivity index (χ3n) is 4.83. The zero-order valence-corrected chi connectivity index (χ0v) is 15.5. The molecule has 0 bridgehead atoms. The van der Waals surface area contributed by atoms with Crippen molar-refractivity contribution in [2.24, 2.45) is 5.92 Å². The maximum absolute atomic E-state index is 12.9. The summed E-state index contributed by atoms with van der Waals surface area (Å²) in [5.74, 6) is -0.911. The van der Waals surface area contributed by atoms with Gasteiger partial charge < -0.3 is 10.6 Å². The minimum atomic E-state index is -0.349. The molecule has 0 aromatic heterocycles. The van der Waals surface area contributed by atoms with E-state index in [-0.39, 0.29) is 35.9 Å². The number of carbonyl (C=O) groups excluding carboxylic acids is 2. The third-order valence-corrected chi connectivity index (χ3v) is 4.83. The number of likely N-dealkylation sites (tertiary alicyclic amines) is 1. The molecule has 0 spiro atoms. The van der Waals surface area contributed by atoms with Gasteiger partial charge in [0.25, 0.3) is 0 Å². The van der Waals surface area contributed by atoms with E-state index in [1.807, 2.05) is 4.90 Å². The number of amides is 2. The Bertz CT molecular complexity index is 801. The van der Waals surface area contributed by atoms with Gasteiger partial charge in [0.15, 0.2) is 0 Å². The summed E-state index contributed by atoms with van der Waals surface area (Å²) in [6, 6.07) is 11.7. The van der Waals surface area contributed by atoms with Gasteiger partial charge in [0, 0.05) is 18.2 Å². The van der Waals surface area contributed by atoms with Crippen molar-refractivity contribution in [3.05, 3.63) is 65.7 Å². The molecule has 7 heteroatoms. The first-order chi connectivity index (χ1) is 13.5. The van der Waals surface area contributed by atoms with Gasteiger partial charge in [-0.3, -0.25) is 14.5 Å². The molecule has 2 aromatic carbocycles. The lowest BCUT2D eigenvalue weighted by molar-refractivity contribution is -0.126. The van der Waals surface area contributed by atoms with Gasteiger partial charge in [-0.25, -0.2) is 8.78 Å². The number of carbonyl (C=O) groups is 2. The Hall–Kier alpha value is -2.80. The SMILES string of the molecule is O=C(CN1CCC(C(=O)NCc2ccc(F)cc2)CC1)Nc1ccc(F)cc1. The smallest absolute Gasteiger partial charge is 0.238 e. The molecule has 0 radical (unpaired) electrons. The Morgan fingerprint density at radius 1 is 0.929 bits per heavy atom. The molecule has 148 valence electrons. The molecule has 2 N–H and O–H groups in total. The Labute approximate surface area is 162 Å². The number of hydrogen-bond donors (Lipinski definition) is 2. The fourth-order valence-electron chi connectivity index (χ4n) is 3.23. The highest BCUT2D eigenvalue weighted by Gasteiger charge is 2.25. The van der Waals surface area contributed by atoms with Gasteiger partial charge in [-0.2, -0.15) is 0 Å². The molecule has 0 aliphatic carbocycles. The van der Waals surface area contributed by atoms with Crippen LogP contribution < -0.4 is 10.6 Å². The van der Waals surface area contributed by atoms with Gasteiger partial charge in [-0.15, -0.1) is 0 Å². The number of benzene rings is 2. The largest absolute Gasteiger partial charge is 0.352 e. The first-order valence-corrected chi connectivity index (χ1v) is 9.29. The lowest BCUT2D eigenvalue weighted by Gasteiger charge is -2.30. The van der Waals surface area contributed by atoms with Gasteiger partial charge in [0.1, 0.15) is 11.6 Å². The number of anilines is 1. The summed E-state index contributed by atoms with van der Waals surface area (Å²) in [4.78, 5) is 26.4. The quantitative estimate of drug-likeness (QED) is 0.801. The average Bonchev–Trinajstić information content (AvgIpc) is 2.69. The maximum atomic E-state index is 12.9. The lowest BCUT2D eigenvalue weighted by atomic mass is 9.96. The van der Waals surface area contributed by atoms with E-state index in [1.54, 1.807) is 12.1 Å². The zero-order chi connectivity index (χ0) is 19.9. The molecule has 1 aliphatic rings. The molecular formula is C21H23F2N3O2. The number of hydrogen-bond acceptors (Lipinski definition) is 3. The number of piperidine rings is 1. The second-order valence-electron chi connectivity index (χ2n) is 6.95. The van der Waals surface area contributed by atoms with Crippen molar-refractivity contribution in [3.63, 3.8) is 0 Å². The van der Waals surface area contributed by atoms with Crippen molar-refractivity contribution in [1.29, 1.82) is 0 Å². The maximum Gasteiger partial charge on any atom is 0.238 e. The first kappa shape index (κ1) is 19.9. The van der Waals surface area contributed by atoms with E-state index in [0.29, 0.717) is 38.2 Å². The normalized spacial score (nSPS) is 15.2. The van der Waals surface area contributed by atoms with Crippen LogP contribution in [-0.2, 0) is 16.1 Å². The van der Waals surface area contributed by atoms with Crippen LogP contribution in [0, 0.1) is 17.6 Å². The van der Waals surface area contributed by atoms with E-state index < -0.39 is 0 Å². The summed E-state index contributed by atoms with van der Waals surface area (Å²) in [7, 11) is 0. The highest BCUT2D eigenvalue weighted by molar-refractivity contribution is 5.92. The standard InChI is InChI=1S/C21H23F2N3O2/c22-17-3-1-15(2-4-17)13-24-21(28)16-9-11-26(12-10-16)14-20(27)25-19-7-5-18(23)6-8-19/h1-8,16H,9-14H2,(H,24,28)(H,25,27). The molecule has 0 atom stereocenters. The van der Waals surface area contributed by atoms with E-state index in [9.17, 15) is 18.4 Å². The molecule has 0 saturated carbocycles. The summed E-state index contributed by atoms with van der Waals surface area (Å²) in [5, 5.41) is 5.63. The first-order valence-electron chi connectivity index (χ1n) is 9.29. The summed E-state index contributed by atoms with van der Waals surface area (Å²) in [6.45, 7) is 1.93. The van der Waals surface area contributed by atoms with Crippen LogP contribution in [0.5, 0.6) is 0 Å². The minimum absolute atomic E-state index is 0.0141. The van der Waals surface area contributed by atoms with Gasteiger partial charge in [0.2, 0.25) is 11.8 Å². The fraction of sp³-hybridized carbons (Fsp3) is 0.333. The second kappa shape index (κ2) is 9.41. The van der Waals surface area contributed by atoms with E-state index in [1.165, 1.54) is 36.4 Å². The van der Waals surface area contributed by atoms with Gasteiger partial charge in [-0.05, 0) is 67.9 Å². The van der Waals surface area contributed by atoms with Crippen molar-refractivity contribution in [2.45, 2.75) is 19.4 Å². The zero-order valence-electron chi connectivity index (χ0n) is 15.5. The predicted molar refractivity (Wildman–Crippen MR) is 102 cm³/mol. The van der Waals surface area contributed by atoms with E-state index in [0.717, 1.165) is 5.56 Å². The molecule has 2 aromatic rings. The number of nitrogens with zero attached hydrogens (tertiary/aromatic N) is 1. The van der Waals surface area contributed by atoms with Gasteiger partial charge in [0.05, 0.1) is 6.54 Å². The van der Waals surface area contributed by atoms with Crippen molar-refractivity contribution in [1.82, 2.24) is 10.2 Å². The Morgan fingerprint density at radius 2 is 1.50 bits per heavy atom. The Balaban J connectivity index is 1.38. The van der Waals surface area contributed by atoms with E-state index in [4.69, 9.17) is 0 Å².